The first-order chi connectivity index (χ1) is 10.7. The maximum absolute atomic E-state index is 11.0. The van der Waals surface area contributed by atoms with Crippen LogP contribution in [0.5, 0.6) is 5.75 Å². The zero-order chi connectivity index (χ0) is 15.5. The van der Waals surface area contributed by atoms with Crippen LogP contribution in [0.2, 0.25) is 0 Å². The Kier molecular flexibility index (Phi) is 3.78. The number of ether oxygens (including phenoxy) is 1. The number of fused-ring (bicyclic) bond motifs is 1. The Balaban J connectivity index is 1.74. The number of carboxylic acids is 1. The third-order valence-corrected chi connectivity index (χ3v) is 3.59. The van der Waals surface area contributed by atoms with Crippen molar-refractivity contribution in [1.82, 2.24) is 9.78 Å². The molecule has 0 radical (unpaired) electrons. The highest BCUT2D eigenvalue weighted by molar-refractivity contribution is 5.92. The van der Waals surface area contributed by atoms with Crippen LogP contribution >= 0.6 is 0 Å². The fraction of sp³-hybridized carbons (Fsp3) is 0.176. The summed E-state index contributed by atoms with van der Waals surface area (Å²) in [6.07, 6.45) is 2.79. The molecule has 1 heterocycles. The van der Waals surface area contributed by atoms with E-state index in [0.717, 1.165) is 24.1 Å². The maximum atomic E-state index is 11.0. The van der Waals surface area contributed by atoms with E-state index in [0.29, 0.717) is 5.52 Å². The highest BCUT2D eigenvalue weighted by Gasteiger charge is 2.06. The third kappa shape index (κ3) is 2.93. The molecule has 5 nitrogen and oxygen atoms in total. The second-order valence-electron chi connectivity index (χ2n) is 5.07. The Hall–Kier alpha value is -2.82. The molecule has 1 N–H and O–H groups in total. The summed E-state index contributed by atoms with van der Waals surface area (Å²) in [6.45, 7) is 0.739. The Morgan fingerprint density at radius 1 is 1.23 bits per heavy atom. The average molecular weight is 296 g/mol. The molecular formula is C17H16N2O3. The minimum atomic E-state index is -0.935. The minimum absolute atomic E-state index is 0.257. The molecular weight excluding hydrogens is 280 g/mol. The van der Waals surface area contributed by atoms with E-state index in [1.54, 1.807) is 25.3 Å². The SMILES string of the molecule is COc1ccc(CCn2cc3ccc(C(=O)O)cc3n2)cc1. The van der Waals surface area contributed by atoms with Gasteiger partial charge in [0.25, 0.3) is 0 Å². The van der Waals surface area contributed by atoms with Crippen molar-refractivity contribution in [3.05, 3.63) is 59.8 Å². The van der Waals surface area contributed by atoms with Crippen molar-refractivity contribution in [2.24, 2.45) is 0 Å². The summed E-state index contributed by atoms with van der Waals surface area (Å²) in [5.41, 5.74) is 2.16. The molecule has 0 atom stereocenters. The molecule has 0 amide bonds. The monoisotopic (exact) mass is 296 g/mol. The second kappa shape index (κ2) is 5.89. The van der Waals surface area contributed by atoms with Gasteiger partial charge < -0.3 is 9.84 Å². The molecule has 3 aromatic rings. The summed E-state index contributed by atoms with van der Waals surface area (Å²) < 4.78 is 6.98. The topological polar surface area (TPSA) is 64.3 Å². The molecule has 0 spiro atoms. The number of methoxy groups -OCH3 is 1. The van der Waals surface area contributed by atoms with Crippen molar-refractivity contribution in [3.8, 4) is 5.75 Å². The molecule has 0 saturated carbocycles. The van der Waals surface area contributed by atoms with Crippen LogP contribution in [0.4, 0.5) is 0 Å². The fourth-order valence-electron chi connectivity index (χ4n) is 2.35. The van der Waals surface area contributed by atoms with Gasteiger partial charge in [0, 0.05) is 18.1 Å². The number of hydrogen-bond donors (Lipinski definition) is 1. The van der Waals surface area contributed by atoms with Crippen LogP contribution in [-0.2, 0) is 13.0 Å². The summed E-state index contributed by atoms with van der Waals surface area (Å²) in [5, 5.41) is 14.4. The number of benzene rings is 2. The quantitative estimate of drug-likeness (QED) is 0.786. The predicted molar refractivity (Wildman–Crippen MR) is 83.4 cm³/mol. The van der Waals surface area contributed by atoms with Gasteiger partial charge in [-0.3, -0.25) is 4.68 Å². The molecule has 0 aliphatic heterocycles. The third-order valence-electron chi connectivity index (χ3n) is 3.59. The Labute approximate surface area is 127 Å². The summed E-state index contributed by atoms with van der Waals surface area (Å²) >= 11 is 0. The van der Waals surface area contributed by atoms with Gasteiger partial charge in [-0.25, -0.2) is 4.79 Å². The highest BCUT2D eigenvalue weighted by Crippen LogP contribution is 2.16. The van der Waals surface area contributed by atoms with Crippen molar-refractivity contribution in [3.63, 3.8) is 0 Å². The molecule has 0 bridgehead atoms. The zero-order valence-corrected chi connectivity index (χ0v) is 12.2. The van der Waals surface area contributed by atoms with Gasteiger partial charge in [0.1, 0.15) is 5.75 Å². The summed E-state index contributed by atoms with van der Waals surface area (Å²) in [6, 6.07) is 12.9. The van der Waals surface area contributed by atoms with Crippen LogP contribution in [0.1, 0.15) is 15.9 Å². The number of rotatable bonds is 5. The second-order valence-corrected chi connectivity index (χ2v) is 5.07. The average Bonchev–Trinajstić information content (AvgIpc) is 2.95. The Morgan fingerprint density at radius 3 is 2.68 bits per heavy atom. The number of aromatic carboxylic acids is 1. The lowest BCUT2D eigenvalue weighted by Gasteiger charge is -2.03. The van der Waals surface area contributed by atoms with Crippen LogP contribution < -0.4 is 4.74 Å². The summed E-state index contributed by atoms with van der Waals surface area (Å²) in [5.74, 6) is -0.0931. The van der Waals surface area contributed by atoms with E-state index in [9.17, 15) is 4.79 Å². The molecule has 0 aliphatic rings. The van der Waals surface area contributed by atoms with Gasteiger partial charge in [-0.15, -0.1) is 0 Å². The fourth-order valence-corrected chi connectivity index (χ4v) is 2.35. The van der Waals surface area contributed by atoms with E-state index in [2.05, 4.69) is 5.10 Å². The summed E-state index contributed by atoms with van der Waals surface area (Å²) in [4.78, 5) is 11.0. The van der Waals surface area contributed by atoms with Crippen molar-refractivity contribution >= 4 is 16.9 Å². The van der Waals surface area contributed by atoms with Crippen LogP contribution in [0.3, 0.4) is 0 Å². The molecule has 1 aromatic heterocycles. The van der Waals surface area contributed by atoms with Gasteiger partial charge in [-0.2, -0.15) is 5.10 Å². The molecule has 3 rings (SSSR count). The van der Waals surface area contributed by atoms with Gasteiger partial charge in [0.05, 0.1) is 18.2 Å². The molecule has 112 valence electrons. The minimum Gasteiger partial charge on any atom is -0.497 e. The normalized spacial score (nSPS) is 10.8. The van der Waals surface area contributed by atoms with Gasteiger partial charge in [-0.1, -0.05) is 18.2 Å². The van der Waals surface area contributed by atoms with Gasteiger partial charge in [-0.05, 0) is 36.2 Å². The molecule has 0 unspecified atom stereocenters. The molecule has 0 fully saturated rings. The molecule has 0 aliphatic carbocycles. The molecule has 2 aromatic carbocycles. The lowest BCUT2D eigenvalue weighted by Crippen LogP contribution is -2.01. The van der Waals surface area contributed by atoms with Crippen molar-refractivity contribution < 1.29 is 14.6 Å². The first kappa shape index (κ1) is 14.1. The van der Waals surface area contributed by atoms with E-state index in [4.69, 9.17) is 9.84 Å². The number of carboxylic acid groups (broad SMARTS) is 1. The summed E-state index contributed by atoms with van der Waals surface area (Å²) in [7, 11) is 1.65. The zero-order valence-electron chi connectivity index (χ0n) is 12.2. The van der Waals surface area contributed by atoms with E-state index in [-0.39, 0.29) is 5.56 Å². The Morgan fingerprint density at radius 2 is 2.00 bits per heavy atom. The van der Waals surface area contributed by atoms with Crippen molar-refractivity contribution in [1.29, 1.82) is 0 Å². The van der Waals surface area contributed by atoms with Gasteiger partial charge in [0.2, 0.25) is 0 Å². The first-order valence-electron chi connectivity index (χ1n) is 6.99. The lowest BCUT2D eigenvalue weighted by atomic mass is 10.1. The standard InChI is InChI=1S/C17H16N2O3/c1-22-15-6-2-12(3-7-15)8-9-19-11-14-5-4-13(17(20)21)10-16(14)18-19/h2-7,10-11H,8-9H2,1H3,(H,20,21). The van der Waals surface area contributed by atoms with Gasteiger partial charge in [0.15, 0.2) is 0 Å². The molecule has 22 heavy (non-hydrogen) atoms. The lowest BCUT2D eigenvalue weighted by molar-refractivity contribution is 0.0697. The van der Waals surface area contributed by atoms with Crippen LogP contribution in [0.15, 0.2) is 48.7 Å². The van der Waals surface area contributed by atoms with Crippen LogP contribution in [0.25, 0.3) is 10.9 Å². The van der Waals surface area contributed by atoms with E-state index in [1.807, 2.05) is 35.1 Å². The van der Waals surface area contributed by atoms with Crippen molar-refractivity contribution in [2.75, 3.05) is 7.11 Å². The number of aromatic nitrogens is 2. The van der Waals surface area contributed by atoms with Gasteiger partial charge >= 0.3 is 5.97 Å². The van der Waals surface area contributed by atoms with E-state index < -0.39 is 5.97 Å². The Bertz CT molecular complexity index is 806. The first-order valence-corrected chi connectivity index (χ1v) is 6.99. The van der Waals surface area contributed by atoms with Crippen LogP contribution in [0, 0.1) is 0 Å². The predicted octanol–water partition coefficient (Wildman–Crippen LogP) is 2.99. The smallest absolute Gasteiger partial charge is 0.335 e. The molecule has 0 saturated heterocycles. The number of hydrogen-bond acceptors (Lipinski definition) is 3. The number of nitrogens with zero attached hydrogens (tertiary/aromatic N) is 2. The molecule has 5 heteroatoms. The number of carbonyl (C=O) groups is 1. The largest absolute Gasteiger partial charge is 0.497 e. The van der Waals surface area contributed by atoms with Crippen molar-refractivity contribution in [2.45, 2.75) is 13.0 Å². The maximum Gasteiger partial charge on any atom is 0.335 e. The van der Waals surface area contributed by atoms with Crippen LogP contribution in [-0.4, -0.2) is 28.0 Å². The number of aryl methyl sites for hydroxylation is 2. The van der Waals surface area contributed by atoms with E-state index >= 15 is 0 Å². The van der Waals surface area contributed by atoms with E-state index in [1.165, 1.54) is 5.56 Å². The highest BCUT2D eigenvalue weighted by atomic mass is 16.5.